The van der Waals surface area contributed by atoms with E-state index in [0.29, 0.717) is 44.6 Å². The van der Waals surface area contributed by atoms with Gasteiger partial charge < -0.3 is 25.8 Å². The molecule has 2 heterocycles. The molecule has 4 N–H and O–H groups in total. The van der Waals surface area contributed by atoms with E-state index >= 15 is 0 Å². The minimum atomic E-state index is 0.122. The molecule has 1 aliphatic carbocycles. The quantitative estimate of drug-likeness (QED) is 0.443. The Morgan fingerprint density at radius 3 is 2.44 bits per heavy atom. The Hall–Kier alpha value is -2.81. The number of hydrogen-bond donors (Lipinski definition) is 3. The molecule has 8 nitrogen and oxygen atoms in total. The van der Waals surface area contributed by atoms with Gasteiger partial charge >= 0.3 is 0 Å². The van der Waals surface area contributed by atoms with E-state index in [2.05, 4.69) is 25.6 Å². The third-order valence-corrected chi connectivity index (χ3v) is 6.22. The first-order chi connectivity index (χ1) is 15.5. The molecule has 0 aliphatic heterocycles. The van der Waals surface area contributed by atoms with Crippen molar-refractivity contribution in [2.24, 2.45) is 5.73 Å². The summed E-state index contributed by atoms with van der Waals surface area (Å²) in [5.74, 6) is 2.09. The van der Waals surface area contributed by atoms with Gasteiger partial charge in [-0.3, -0.25) is 0 Å². The number of nitrogens with two attached hydrogens (primary N) is 1. The molecule has 0 amide bonds. The van der Waals surface area contributed by atoms with Crippen molar-refractivity contribution in [3.05, 3.63) is 46.8 Å². The maximum atomic E-state index is 6.52. The van der Waals surface area contributed by atoms with Gasteiger partial charge in [0.05, 0.1) is 25.6 Å². The van der Waals surface area contributed by atoms with Crippen LogP contribution in [0.4, 0.5) is 17.3 Å². The first-order valence-electron chi connectivity index (χ1n) is 10.2. The molecule has 0 bridgehead atoms. The lowest BCUT2D eigenvalue weighted by Gasteiger charge is -2.19. The third-order valence-electron chi connectivity index (χ3n) is 5.47. The largest absolute Gasteiger partial charge is 0.495 e. The molecule has 2 aromatic heterocycles. The topological polar surface area (TPSA) is 107 Å². The van der Waals surface area contributed by atoms with Crippen LogP contribution in [0, 0.1) is 0 Å². The predicted molar refractivity (Wildman–Crippen MR) is 127 cm³/mol. The van der Waals surface area contributed by atoms with Gasteiger partial charge in [0.25, 0.3) is 0 Å². The zero-order valence-corrected chi connectivity index (χ0v) is 19.2. The Morgan fingerprint density at radius 1 is 1.03 bits per heavy atom. The first-order valence-corrected chi connectivity index (χ1v) is 10.9. The Kier molecular flexibility index (Phi) is 6.83. The van der Waals surface area contributed by atoms with Gasteiger partial charge in [-0.2, -0.15) is 0 Å². The maximum Gasteiger partial charge on any atom is 0.143 e. The number of halogens is 2. The van der Waals surface area contributed by atoms with E-state index in [1.54, 1.807) is 12.3 Å². The lowest BCUT2D eigenvalue weighted by Crippen LogP contribution is -2.35. The number of rotatable bonds is 7. The Balaban J connectivity index is 1.69. The number of aromatic nitrogens is 3. The van der Waals surface area contributed by atoms with E-state index in [4.69, 9.17) is 38.4 Å². The molecule has 2 unspecified atom stereocenters. The second-order valence-corrected chi connectivity index (χ2v) is 8.20. The van der Waals surface area contributed by atoms with Crippen LogP contribution in [-0.4, -0.2) is 41.3 Å². The Morgan fingerprint density at radius 2 is 1.78 bits per heavy atom. The number of ether oxygens (including phenoxy) is 2. The van der Waals surface area contributed by atoms with Crippen molar-refractivity contribution in [3.8, 4) is 22.8 Å². The van der Waals surface area contributed by atoms with Crippen molar-refractivity contribution >= 4 is 40.5 Å². The molecule has 32 heavy (non-hydrogen) atoms. The highest BCUT2D eigenvalue weighted by Gasteiger charge is 2.24. The van der Waals surface area contributed by atoms with Gasteiger partial charge in [0.1, 0.15) is 39.5 Å². The molecule has 0 radical (unpaired) electrons. The van der Waals surface area contributed by atoms with E-state index in [1.165, 1.54) is 20.5 Å². The highest BCUT2D eigenvalue weighted by Crippen LogP contribution is 2.45. The number of nitrogens with zero attached hydrogens (tertiary/aromatic N) is 3. The Bertz CT molecular complexity index is 1090. The van der Waals surface area contributed by atoms with Crippen LogP contribution in [0.1, 0.15) is 19.3 Å². The molecule has 0 spiro atoms. The lowest BCUT2D eigenvalue weighted by molar-refractivity contribution is 0.395. The average Bonchev–Trinajstić information content (AvgIpc) is 3.21. The minimum absolute atomic E-state index is 0.122. The number of hydrogen-bond acceptors (Lipinski definition) is 8. The van der Waals surface area contributed by atoms with Gasteiger partial charge in [-0.05, 0) is 31.4 Å². The van der Waals surface area contributed by atoms with Gasteiger partial charge in [-0.15, -0.1) is 0 Å². The van der Waals surface area contributed by atoms with E-state index in [0.717, 1.165) is 24.8 Å². The maximum absolute atomic E-state index is 6.52. The number of benzene rings is 1. The van der Waals surface area contributed by atoms with Crippen LogP contribution >= 0.6 is 23.2 Å². The van der Waals surface area contributed by atoms with Crippen molar-refractivity contribution in [1.82, 2.24) is 15.0 Å². The third kappa shape index (κ3) is 4.53. The highest BCUT2D eigenvalue weighted by molar-refractivity contribution is 6.41. The molecule has 1 saturated carbocycles. The van der Waals surface area contributed by atoms with Crippen molar-refractivity contribution in [2.45, 2.75) is 31.3 Å². The van der Waals surface area contributed by atoms with Crippen LogP contribution in [0.5, 0.6) is 11.5 Å². The van der Waals surface area contributed by atoms with Crippen LogP contribution in [0.3, 0.4) is 0 Å². The molecular weight excluding hydrogens is 451 g/mol. The normalized spacial score (nSPS) is 17.8. The standard InChI is InChI=1S/C22H24Cl2N6O2/c1-31-16-10-17(32-2)20(24)21(19(16)23)30-22-12(5-4-8-26-22)15-9-18(28-11-27-15)29-14-7-3-6-13(14)25/h4-5,8-11,13-14H,3,6-7,25H2,1-2H3,(H,26,30)(H,27,28,29). The van der Waals surface area contributed by atoms with Gasteiger partial charge in [0.2, 0.25) is 0 Å². The van der Waals surface area contributed by atoms with Crippen LogP contribution in [0.2, 0.25) is 10.0 Å². The zero-order chi connectivity index (χ0) is 22.7. The van der Waals surface area contributed by atoms with Gasteiger partial charge in [0, 0.05) is 36.0 Å². The SMILES string of the molecule is COc1cc(OC)c(Cl)c(Nc2ncccc2-c2cc(NC3CCCC3N)ncn2)c1Cl. The lowest BCUT2D eigenvalue weighted by atomic mass is 10.1. The average molecular weight is 475 g/mol. The van der Waals surface area contributed by atoms with E-state index in [9.17, 15) is 0 Å². The fraction of sp³-hybridized carbons (Fsp3) is 0.318. The summed E-state index contributed by atoms with van der Waals surface area (Å²) in [6.07, 6.45) is 6.33. The second-order valence-electron chi connectivity index (χ2n) is 7.44. The summed E-state index contributed by atoms with van der Waals surface area (Å²) >= 11 is 13.0. The van der Waals surface area contributed by atoms with Crippen molar-refractivity contribution < 1.29 is 9.47 Å². The van der Waals surface area contributed by atoms with E-state index < -0.39 is 0 Å². The minimum Gasteiger partial charge on any atom is -0.495 e. The molecule has 168 valence electrons. The number of anilines is 3. The highest BCUT2D eigenvalue weighted by atomic mass is 35.5. The van der Waals surface area contributed by atoms with Crippen LogP contribution in [0.15, 0.2) is 36.8 Å². The molecule has 10 heteroatoms. The van der Waals surface area contributed by atoms with Crippen molar-refractivity contribution in [2.75, 3.05) is 24.9 Å². The van der Waals surface area contributed by atoms with E-state index in [1.807, 2.05) is 18.2 Å². The second kappa shape index (κ2) is 9.77. The molecule has 0 saturated heterocycles. The number of nitrogens with one attached hydrogen (secondary N) is 2. The molecule has 4 rings (SSSR count). The van der Waals surface area contributed by atoms with Crippen molar-refractivity contribution in [3.63, 3.8) is 0 Å². The monoisotopic (exact) mass is 474 g/mol. The molecule has 3 aromatic rings. The van der Waals surface area contributed by atoms with Crippen molar-refractivity contribution in [1.29, 1.82) is 0 Å². The number of methoxy groups -OCH3 is 2. The summed E-state index contributed by atoms with van der Waals surface area (Å²) in [6, 6.07) is 7.57. The van der Waals surface area contributed by atoms with Gasteiger partial charge in [-0.1, -0.05) is 23.2 Å². The fourth-order valence-electron chi connectivity index (χ4n) is 3.77. The molecule has 1 aliphatic rings. The Labute approximate surface area is 196 Å². The van der Waals surface area contributed by atoms with Gasteiger partial charge in [-0.25, -0.2) is 15.0 Å². The number of pyridine rings is 1. The summed E-state index contributed by atoms with van der Waals surface area (Å²) < 4.78 is 10.7. The summed E-state index contributed by atoms with van der Waals surface area (Å²) in [7, 11) is 3.05. The molecule has 1 aromatic carbocycles. The fourth-order valence-corrected chi connectivity index (χ4v) is 4.36. The van der Waals surface area contributed by atoms with E-state index in [-0.39, 0.29) is 12.1 Å². The first kappa shape index (κ1) is 22.4. The predicted octanol–water partition coefficient (Wildman–Crippen LogP) is 4.90. The van der Waals surface area contributed by atoms with Crippen LogP contribution < -0.4 is 25.8 Å². The summed E-state index contributed by atoms with van der Waals surface area (Å²) in [4.78, 5) is 13.3. The molecule has 1 fully saturated rings. The summed E-state index contributed by atoms with van der Waals surface area (Å²) in [5.41, 5.74) is 8.05. The summed E-state index contributed by atoms with van der Waals surface area (Å²) in [5, 5.41) is 7.28. The van der Waals surface area contributed by atoms with Gasteiger partial charge in [0.15, 0.2) is 0 Å². The smallest absolute Gasteiger partial charge is 0.143 e. The molecular formula is C22H24Cl2N6O2. The molecule has 2 atom stereocenters. The van der Waals surface area contributed by atoms with Crippen LogP contribution in [-0.2, 0) is 0 Å². The summed E-state index contributed by atoms with van der Waals surface area (Å²) in [6.45, 7) is 0. The zero-order valence-electron chi connectivity index (χ0n) is 17.7. The van der Waals surface area contributed by atoms with Crippen LogP contribution in [0.25, 0.3) is 11.3 Å².